The minimum absolute atomic E-state index is 0.0447. The van der Waals surface area contributed by atoms with Gasteiger partial charge in [0, 0.05) is 16.6 Å². The van der Waals surface area contributed by atoms with Crippen molar-refractivity contribution in [1.82, 2.24) is 5.32 Å². The second-order valence-electron chi connectivity index (χ2n) is 5.56. The maximum absolute atomic E-state index is 13.7. The van der Waals surface area contributed by atoms with Crippen molar-refractivity contribution < 1.29 is 24.1 Å². The van der Waals surface area contributed by atoms with Gasteiger partial charge in [-0.15, -0.1) is 0 Å². The Morgan fingerprint density at radius 2 is 2.05 bits per heavy atom. The van der Waals surface area contributed by atoms with Crippen LogP contribution in [0.5, 0.6) is 0 Å². The summed E-state index contributed by atoms with van der Waals surface area (Å²) in [6.07, 6.45) is -3.52. The summed E-state index contributed by atoms with van der Waals surface area (Å²) in [5.41, 5.74) is -0.706. The molecule has 1 rings (SSSR count). The van der Waals surface area contributed by atoms with Gasteiger partial charge in [0.15, 0.2) is 0 Å². The molecule has 5 nitrogen and oxygen atoms in total. The van der Waals surface area contributed by atoms with Crippen molar-refractivity contribution in [1.29, 1.82) is 0 Å². The number of nitrogens with one attached hydrogen (secondary N) is 1. The predicted octanol–water partition coefficient (Wildman–Crippen LogP) is 2.51. The molecule has 0 aliphatic carbocycles. The fraction of sp³-hybridized carbons (Fsp3) is 0.500. The van der Waals surface area contributed by atoms with E-state index in [9.17, 15) is 19.4 Å². The molecule has 7 heteroatoms. The zero-order valence-electron chi connectivity index (χ0n) is 12.1. The summed E-state index contributed by atoms with van der Waals surface area (Å²) in [5.74, 6) is -0.645. The summed E-state index contributed by atoms with van der Waals surface area (Å²) in [5, 5.41) is 22.0. The first kappa shape index (κ1) is 17.9. The minimum atomic E-state index is -1.45. The lowest BCUT2D eigenvalue weighted by Crippen LogP contribution is -2.39. The number of hydrogen-bond acceptors (Lipinski definition) is 4. The maximum Gasteiger partial charge on any atom is 0.407 e. The van der Waals surface area contributed by atoms with Gasteiger partial charge in [-0.25, -0.2) is 9.18 Å². The molecule has 2 unspecified atom stereocenters. The van der Waals surface area contributed by atoms with Gasteiger partial charge in [0.1, 0.15) is 23.6 Å². The van der Waals surface area contributed by atoms with E-state index in [2.05, 4.69) is 21.2 Å². The van der Waals surface area contributed by atoms with Gasteiger partial charge in [-0.3, -0.25) is 0 Å². The van der Waals surface area contributed by atoms with Crippen LogP contribution in [0.4, 0.5) is 9.18 Å². The van der Waals surface area contributed by atoms with Gasteiger partial charge in [0.05, 0.1) is 0 Å². The summed E-state index contributed by atoms with van der Waals surface area (Å²) >= 11 is 3.10. The molecule has 1 amide bonds. The maximum atomic E-state index is 13.7. The molecule has 1 aromatic carbocycles. The fourth-order valence-corrected chi connectivity index (χ4v) is 1.90. The van der Waals surface area contributed by atoms with Crippen molar-refractivity contribution in [3.63, 3.8) is 0 Å². The van der Waals surface area contributed by atoms with Crippen molar-refractivity contribution in [3.8, 4) is 0 Å². The summed E-state index contributed by atoms with van der Waals surface area (Å²) in [6.45, 7) is 4.85. The van der Waals surface area contributed by atoms with Crippen LogP contribution in [-0.4, -0.2) is 34.6 Å². The molecular weight excluding hydrogens is 345 g/mol. The molecule has 0 aliphatic rings. The third-order valence-corrected chi connectivity index (χ3v) is 2.99. The van der Waals surface area contributed by atoms with Gasteiger partial charge in [-0.2, -0.15) is 0 Å². The van der Waals surface area contributed by atoms with E-state index in [1.807, 2.05) is 0 Å². The molecule has 0 aliphatic heterocycles. The van der Waals surface area contributed by atoms with Crippen molar-refractivity contribution >= 4 is 22.0 Å². The topological polar surface area (TPSA) is 78.8 Å². The highest BCUT2D eigenvalue weighted by Crippen LogP contribution is 2.23. The first-order valence-electron chi connectivity index (χ1n) is 6.38. The number of benzene rings is 1. The lowest BCUT2D eigenvalue weighted by molar-refractivity contribution is 0.0113. The molecule has 0 spiro atoms. The quantitative estimate of drug-likeness (QED) is 0.767. The number of carbonyl (C=O) groups excluding carboxylic acids is 1. The Hall–Kier alpha value is -1.18. The third-order valence-electron chi connectivity index (χ3n) is 2.50. The smallest absolute Gasteiger partial charge is 0.407 e. The van der Waals surface area contributed by atoms with Crippen LogP contribution in [-0.2, 0) is 4.74 Å². The van der Waals surface area contributed by atoms with Crippen LogP contribution in [0, 0.1) is 5.82 Å². The molecule has 0 bridgehead atoms. The van der Waals surface area contributed by atoms with E-state index in [0.717, 1.165) is 0 Å². The van der Waals surface area contributed by atoms with Crippen molar-refractivity contribution in [2.75, 3.05) is 6.54 Å². The van der Waals surface area contributed by atoms with Crippen molar-refractivity contribution in [2.24, 2.45) is 0 Å². The van der Waals surface area contributed by atoms with Crippen LogP contribution < -0.4 is 5.32 Å². The van der Waals surface area contributed by atoms with Gasteiger partial charge >= 0.3 is 6.09 Å². The number of rotatable bonds is 4. The molecular formula is C14H19BrFNO4. The highest BCUT2D eigenvalue weighted by Gasteiger charge is 2.23. The Bertz CT molecular complexity index is 504. The van der Waals surface area contributed by atoms with Gasteiger partial charge in [-0.1, -0.05) is 22.0 Å². The molecule has 2 atom stereocenters. The van der Waals surface area contributed by atoms with E-state index in [1.165, 1.54) is 12.1 Å². The molecule has 118 valence electrons. The molecule has 0 fully saturated rings. The number of aliphatic hydroxyl groups is 2. The zero-order valence-corrected chi connectivity index (χ0v) is 13.6. The second-order valence-corrected chi connectivity index (χ2v) is 6.48. The number of halogens is 2. The number of ether oxygens (including phenoxy) is 1. The van der Waals surface area contributed by atoms with E-state index in [0.29, 0.717) is 4.47 Å². The van der Waals surface area contributed by atoms with Gasteiger partial charge in [-0.05, 0) is 32.9 Å². The van der Waals surface area contributed by atoms with Crippen molar-refractivity contribution in [3.05, 3.63) is 34.1 Å². The first-order chi connectivity index (χ1) is 9.60. The summed E-state index contributed by atoms with van der Waals surface area (Å²) in [6, 6.07) is 4.10. The summed E-state index contributed by atoms with van der Waals surface area (Å²) in [7, 11) is 0. The molecule has 0 radical (unpaired) electrons. The average Bonchev–Trinajstić information content (AvgIpc) is 2.33. The van der Waals surface area contributed by atoms with Crippen LogP contribution in [0.1, 0.15) is 32.4 Å². The highest BCUT2D eigenvalue weighted by atomic mass is 79.9. The standard InChI is InChI=1S/C14H19BrFNO4/c1-14(2,3)21-13(20)17-7-11(18)12(19)9-5-4-8(15)6-10(9)16/h4-6,11-12,18-19H,7H2,1-3H3,(H,17,20). The molecule has 0 saturated carbocycles. The number of carbonyl (C=O) groups is 1. The van der Waals surface area contributed by atoms with Crippen LogP contribution in [0.25, 0.3) is 0 Å². The Morgan fingerprint density at radius 1 is 1.43 bits per heavy atom. The summed E-state index contributed by atoms with van der Waals surface area (Å²) in [4.78, 5) is 11.4. The first-order valence-corrected chi connectivity index (χ1v) is 7.17. The van der Waals surface area contributed by atoms with Gasteiger partial charge in [0.2, 0.25) is 0 Å². The van der Waals surface area contributed by atoms with Gasteiger partial charge in [0.25, 0.3) is 0 Å². The SMILES string of the molecule is CC(C)(C)OC(=O)NCC(O)C(O)c1ccc(Br)cc1F. The number of alkyl carbamates (subject to hydrolysis) is 1. The molecule has 0 heterocycles. The molecule has 21 heavy (non-hydrogen) atoms. The van der Waals surface area contributed by atoms with Crippen LogP contribution >= 0.6 is 15.9 Å². The predicted molar refractivity (Wildman–Crippen MR) is 79.3 cm³/mol. The lowest BCUT2D eigenvalue weighted by atomic mass is 10.0. The van der Waals surface area contributed by atoms with E-state index < -0.39 is 29.7 Å². The van der Waals surface area contributed by atoms with Crippen LogP contribution in [0.3, 0.4) is 0 Å². The highest BCUT2D eigenvalue weighted by molar-refractivity contribution is 9.10. The molecule has 3 N–H and O–H groups in total. The molecule has 1 aromatic rings. The Balaban J connectivity index is 2.59. The Kier molecular flexibility index (Phi) is 6.12. The average molecular weight is 364 g/mol. The van der Waals surface area contributed by atoms with Crippen LogP contribution in [0.15, 0.2) is 22.7 Å². The van der Waals surface area contributed by atoms with Crippen molar-refractivity contribution in [2.45, 2.75) is 38.6 Å². The largest absolute Gasteiger partial charge is 0.444 e. The normalized spacial score (nSPS) is 14.4. The fourth-order valence-electron chi connectivity index (χ4n) is 1.56. The van der Waals surface area contributed by atoms with Gasteiger partial charge < -0.3 is 20.3 Å². The summed E-state index contributed by atoms with van der Waals surface area (Å²) < 4.78 is 19.2. The van der Waals surface area contributed by atoms with Crippen LogP contribution in [0.2, 0.25) is 0 Å². The molecule has 0 aromatic heterocycles. The number of hydrogen-bond donors (Lipinski definition) is 3. The van der Waals surface area contributed by atoms with E-state index in [-0.39, 0.29) is 12.1 Å². The Labute approximate surface area is 131 Å². The monoisotopic (exact) mass is 363 g/mol. The third kappa shape index (κ3) is 5.99. The van der Waals surface area contributed by atoms with E-state index in [4.69, 9.17) is 4.74 Å². The Morgan fingerprint density at radius 3 is 2.57 bits per heavy atom. The second kappa shape index (κ2) is 7.20. The molecule has 0 saturated heterocycles. The number of amides is 1. The minimum Gasteiger partial charge on any atom is -0.444 e. The lowest BCUT2D eigenvalue weighted by Gasteiger charge is -2.22. The zero-order chi connectivity index (χ0) is 16.2. The van der Waals surface area contributed by atoms with E-state index in [1.54, 1.807) is 26.8 Å². The number of aliphatic hydroxyl groups excluding tert-OH is 2. The van der Waals surface area contributed by atoms with E-state index >= 15 is 0 Å².